The first-order valence-corrected chi connectivity index (χ1v) is 6.49. The molecule has 0 bridgehead atoms. The first-order valence-electron chi connectivity index (χ1n) is 5.27. The van der Waals surface area contributed by atoms with Crippen LogP contribution >= 0.6 is 10.9 Å². The van der Waals surface area contributed by atoms with Crippen LogP contribution in [-0.4, -0.2) is 4.86 Å². The van der Waals surface area contributed by atoms with Gasteiger partial charge in [-0.2, -0.15) is 0 Å². The lowest BCUT2D eigenvalue weighted by molar-refractivity contribution is 1.61. The average Bonchev–Trinajstić information content (AvgIpc) is 2.83. The van der Waals surface area contributed by atoms with E-state index >= 15 is 0 Å². The minimum atomic E-state index is -0.0442. The van der Waals surface area contributed by atoms with Gasteiger partial charge in [-0.15, -0.1) is 0 Å². The fraction of sp³-hybridized carbons (Fsp3) is 0. The molecule has 2 heterocycles. The Bertz CT molecular complexity index is 578. The Morgan fingerprint density at radius 3 is 1.75 bits per heavy atom. The van der Waals surface area contributed by atoms with E-state index in [2.05, 4.69) is 58.0 Å². The van der Waals surface area contributed by atoms with Crippen LogP contribution < -0.4 is 9.44 Å². The fourth-order valence-electron chi connectivity index (χ4n) is 2.25. The fourth-order valence-corrected chi connectivity index (χ4v) is 4.10. The van der Waals surface area contributed by atoms with Crippen molar-refractivity contribution in [3.63, 3.8) is 0 Å². The summed E-state index contributed by atoms with van der Waals surface area (Å²) in [4.78, 5) is 1.41. The van der Waals surface area contributed by atoms with Gasteiger partial charge in [0.25, 0.3) is 0 Å². The molecule has 16 heavy (non-hydrogen) atoms. The van der Waals surface area contributed by atoms with E-state index in [1.807, 2.05) is 0 Å². The molecular weight excluding hydrogens is 216 g/mol. The minimum Gasteiger partial charge on any atom is -0.318 e. The van der Waals surface area contributed by atoms with E-state index in [1.165, 1.54) is 27.4 Å². The summed E-state index contributed by atoms with van der Waals surface area (Å²) in [5.74, 6) is 0. The standard InChI is InChI=1S/C13H10N2S/c1-3-7-11-9(5-1)13-10-6-2-4-8-12(10)15-16(13)14-11/h1-8,14-15H. The van der Waals surface area contributed by atoms with Crippen LogP contribution in [-0.2, 0) is 0 Å². The number of anilines is 2. The number of rotatable bonds is 0. The number of fused-ring (bicyclic) bond motifs is 4. The van der Waals surface area contributed by atoms with Crippen LogP contribution in [0.2, 0.25) is 0 Å². The van der Waals surface area contributed by atoms with Gasteiger partial charge < -0.3 is 9.44 Å². The van der Waals surface area contributed by atoms with E-state index in [1.54, 1.807) is 0 Å². The molecule has 0 aromatic heterocycles. The van der Waals surface area contributed by atoms with Crippen LogP contribution in [0.1, 0.15) is 11.1 Å². The summed E-state index contributed by atoms with van der Waals surface area (Å²) in [5, 5.41) is 0. The van der Waals surface area contributed by atoms with Crippen LogP contribution in [0.25, 0.3) is 0 Å². The van der Waals surface area contributed by atoms with Crippen LogP contribution in [0.3, 0.4) is 0 Å². The molecule has 0 aliphatic carbocycles. The maximum atomic E-state index is 3.52. The molecule has 0 amide bonds. The van der Waals surface area contributed by atoms with E-state index < -0.39 is 0 Å². The molecule has 2 N–H and O–H groups in total. The van der Waals surface area contributed by atoms with Gasteiger partial charge in [0.05, 0.1) is 16.2 Å². The van der Waals surface area contributed by atoms with Crippen LogP contribution in [0.4, 0.5) is 11.4 Å². The first-order chi connectivity index (χ1) is 7.93. The largest absolute Gasteiger partial charge is 0.318 e. The number of para-hydroxylation sites is 2. The summed E-state index contributed by atoms with van der Waals surface area (Å²) < 4.78 is 7.05. The molecule has 3 heteroatoms. The summed E-state index contributed by atoms with van der Waals surface area (Å²) in [6.07, 6.45) is 0. The zero-order valence-corrected chi connectivity index (χ0v) is 9.34. The summed E-state index contributed by atoms with van der Waals surface area (Å²) >= 11 is 0. The number of benzene rings is 2. The predicted molar refractivity (Wildman–Crippen MR) is 70.9 cm³/mol. The normalized spacial score (nSPS) is 16.1. The van der Waals surface area contributed by atoms with Gasteiger partial charge in [0.2, 0.25) is 0 Å². The molecule has 2 aromatic carbocycles. The van der Waals surface area contributed by atoms with E-state index in [0.29, 0.717) is 0 Å². The minimum absolute atomic E-state index is 0.0442. The highest BCUT2D eigenvalue weighted by Gasteiger charge is 2.28. The van der Waals surface area contributed by atoms with Gasteiger partial charge in [-0.25, -0.2) is 0 Å². The molecule has 0 saturated heterocycles. The van der Waals surface area contributed by atoms with Crippen molar-refractivity contribution < 1.29 is 0 Å². The zero-order chi connectivity index (χ0) is 10.5. The van der Waals surface area contributed by atoms with E-state index in [0.717, 1.165) is 0 Å². The maximum Gasteiger partial charge on any atom is 0.0557 e. The van der Waals surface area contributed by atoms with Crippen LogP contribution in [0, 0.1) is 0 Å². The van der Waals surface area contributed by atoms with Gasteiger partial charge in [0, 0.05) is 22.0 Å². The molecule has 0 saturated carbocycles. The third-order valence-corrected chi connectivity index (χ3v) is 4.67. The number of hydrogen-bond donors (Lipinski definition) is 2. The Kier molecular flexibility index (Phi) is 1.52. The Balaban J connectivity index is 1.99. The SMILES string of the molecule is c1ccc2c(c1)NS1=C2c2ccccc2N1. The Labute approximate surface area is 96.5 Å². The third-order valence-electron chi connectivity index (χ3n) is 2.97. The van der Waals surface area contributed by atoms with Gasteiger partial charge >= 0.3 is 0 Å². The molecule has 0 atom stereocenters. The summed E-state index contributed by atoms with van der Waals surface area (Å²) in [5.41, 5.74) is 5.15. The second kappa shape index (κ2) is 2.89. The van der Waals surface area contributed by atoms with E-state index in [-0.39, 0.29) is 10.9 Å². The third kappa shape index (κ3) is 0.959. The van der Waals surface area contributed by atoms with Crippen LogP contribution in [0.5, 0.6) is 0 Å². The lowest BCUT2D eigenvalue weighted by Gasteiger charge is -2.08. The second-order valence-corrected chi connectivity index (χ2v) is 5.36. The Morgan fingerprint density at radius 2 is 1.19 bits per heavy atom. The van der Waals surface area contributed by atoms with Crippen molar-refractivity contribution in [2.75, 3.05) is 9.44 Å². The van der Waals surface area contributed by atoms with Gasteiger partial charge in [-0.1, -0.05) is 36.4 Å². The predicted octanol–water partition coefficient (Wildman–Crippen LogP) is 3.21. The second-order valence-electron chi connectivity index (χ2n) is 3.93. The van der Waals surface area contributed by atoms with Gasteiger partial charge in [-0.05, 0) is 12.1 Å². The number of hydrogen-bond acceptors (Lipinski definition) is 2. The molecule has 2 aromatic rings. The highest BCUT2D eigenvalue weighted by atomic mass is 32.2. The molecule has 78 valence electrons. The highest BCUT2D eigenvalue weighted by molar-refractivity contribution is 8.19. The van der Waals surface area contributed by atoms with Gasteiger partial charge in [0.1, 0.15) is 0 Å². The Morgan fingerprint density at radius 1 is 0.688 bits per heavy atom. The number of nitrogens with one attached hydrogen (secondary N) is 2. The van der Waals surface area contributed by atoms with Crippen molar-refractivity contribution in [2.45, 2.75) is 0 Å². The Hall–Kier alpha value is -1.74. The molecule has 2 aliphatic rings. The molecule has 0 spiro atoms. The van der Waals surface area contributed by atoms with Crippen molar-refractivity contribution in [2.24, 2.45) is 0 Å². The monoisotopic (exact) mass is 226 g/mol. The summed E-state index contributed by atoms with van der Waals surface area (Å²) in [7, 11) is -0.0442. The van der Waals surface area contributed by atoms with Crippen molar-refractivity contribution in [1.29, 1.82) is 0 Å². The molecule has 0 fully saturated rings. The summed E-state index contributed by atoms with van der Waals surface area (Å²) in [6.45, 7) is 0. The van der Waals surface area contributed by atoms with Crippen molar-refractivity contribution in [1.82, 2.24) is 0 Å². The quantitative estimate of drug-likeness (QED) is 0.674. The molecule has 4 rings (SSSR count). The maximum absolute atomic E-state index is 3.52. The lowest BCUT2D eigenvalue weighted by atomic mass is 10.0. The highest BCUT2D eigenvalue weighted by Crippen LogP contribution is 2.43. The van der Waals surface area contributed by atoms with Crippen molar-refractivity contribution in [3.05, 3.63) is 59.7 Å². The smallest absolute Gasteiger partial charge is 0.0557 e. The molecular formula is C13H10N2S. The average molecular weight is 226 g/mol. The zero-order valence-electron chi connectivity index (χ0n) is 8.53. The molecule has 2 aliphatic heterocycles. The molecule has 0 radical (unpaired) electrons. The van der Waals surface area contributed by atoms with Crippen molar-refractivity contribution >= 4 is 27.1 Å². The van der Waals surface area contributed by atoms with Gasteiger partial charge in [-0.3, -0.25) is 0 Å². The molecule has 2 nitrogen and oxygen atoms in total. The van der Waals surface area contributed by atoms with E-state index in [4.69, 9.17) is 0 Å². The molecule has 0 unspecified atom stereocenters. The van der Waals surface area contributed by atoms with Crippen molar-refractivity contribution in [3.8, 4) is 0 Å². The topological polar surface area (TPSA) is 24.1 Å². The first kappa shape index (κ1) is 8.42. The summed E-state index contributed by atoms with van der Waals surface area (Å²) in [6, 6.07) is 17.0. The lowest BCUT2D eigenvalue weighted by Crippen LogP contribution is -1.96. The van der Waals surface area contributed by atoms with E-state index in [9.17, 15) is 0 Å². The van der Waals surface area contributed by atoms with Crippen LogP contribution in [0.15, 0.2) is 48.5 Å². The van der Waals surface area contributed by atoms with Gasteiger partial charge in [0.15, 0.2) is 0 Å².